The summed E-state index contributed by atoms with van der Waals surface area (Å²) in [7, 11) is 1.50. The molecule has 6 heteroatoms. The first-order chi connectivity index (χ1) is 9.13. The molecule has 1 aromatic carbocycles. The molecule has 0 fully saturated rings. The fourth-order valence-electron chi connectivity index (χ4n) is 1.50. The summed E-state index contributed by atoms with van der Waals surface area (Å²) in [5.41, 5.74) is 0.956. The molecule has 19 heavy (non-hydrogen) atoms. The van der Waals surface area contributed by atoms with Crippen molar-refractivity contribution in [1.82, 2.24) is 10.2 Å². The van der Waals surface area contributed by atoms with E-state index in [4.69, 9.17) is 9.84 Å². The van der Waals surface area contributed by atoms with Crippen molar-refractivity contribution in [1.29, 1.82) is 0 Å². The van der Waals surface area contributed by atoms with Gasteiger partial charge in [0.1, 0.15) is 6.54 Å². The summed E-state index contributed by atoms with van der Waals surface area (Å²) in [6.07, 6.45) is 0. The molecule has 0 aliphatic rings. The summed E-state index contributed by atoms with van der Waals surface area (Å²) in [6.45, 7) is 0.558. The molecule has 6 nitrogen and oxygen atoms in total. The normalized spacial score (nSPS) is 9.95. The molecule has 0 aromatic heterocycles. The fraction of sp³-hybridized carbons (Fsp3) is 0.385. The lowest BCUT2D eigenvalue weighted by atomic mass is 10.2. The topological polar surface area (TPSA) is 78.9 Å². The number of carbonyl (C=O) groups excluding carboxylic acids is 1. The van der Waals surface area contributed by atoms with Gasteiger partial charge in [0.05, 0.1) is 6.61 Å². The van der Waals surface area contributed by atoms with Gasteiger partial charge in [-0.1, -0.05) is 30.3 Å². The molecule has 2 amide bonds. The van der Waals surface area contributed by atoms with E-state index in [9.17, 15) is 9.59 Å². The first kappa shape index (κ1) is 15.0. The number of hydrogen-bond acceptors (Lipinski definition) is 3. The lowest BCUT2D eigenvalue weighted by molar-refractivity contribution is -0.137. The van der Waals surface area contributed by atoms with E-state index in [1.807, 2.05) is 30.3 Å². The fourth-order valence-corrected chi connectivity index (χ4v) is 1.50. The predicted octanol–water partition coefficient (Wildman–Crippen LogP) is 0.929. The van der Waals surface area contributed by atoms with Gasteiger partial charge < -0.3 is 20.1 Å². The summed E-state index contributed by atoms with van der Waals surface area (Å²) >= 11 is 0. The highest BCUT2D eigenvalue weighted by Gasteiger charge is 2.15. The Labute approximate surface area is 112 Å². The predicted molar refractivity (Wildman–Crippen MR) is 69.8 cm³/mol. The van der Waals surface area contributed by atoms with Crippen molar-refractivity contribution in [2.24, 2.45) is 0 Å². The standard InChI is InChI=1S/C13H18N2O4/c1-19-8-7-15(10-12(16)17)13(18)14-9-11-5-3-2-4-6-11/h2-6H,7-10H2,1H3,(H,14,18)(H,16,17). The number of methoxy groups -OCH3 is 1. The summed E-state index contributed by atoms with van der Waals surface area (Å²) in [6, 6.07) is 9.00. The van der Waals surface area contributed by atoms with Crippen LogP contribution in [0.2, 0.25) is 0 Å². The first-order valence-electron chi connectivity index (χ1n) is 5.91. The molecule has 2 N–H and O–H groups in total. The Bertz CT molecular complexity index is 408. The van der Waals surface area contributed by atoms with Crippen LogP contribution in [0.4, 0.5) is 4.79 Å². The summed E-state index contributed by atoms with van der Waals surface area (Å²) in [5.74, 6) is -1.05. The van der Waals surface area contributed by atoms with Gasteiger partial charge in [0.25, 0.3) is 0 Å². The number of nitrogens with zero attached hydrogens (tertiary/aromatic N) is 1. The van der Waals surface area contributed by atoms with Crippen LogP contribution in [0.1, 0.15) is 5.56 Å². The second-order valence-corrected chi connectivity index (χ2v) is 3.95. The van der Waals surface area contributed by atoms with Crippen LogP contribution in [0.3, 0.4) is 0 Å². The van der Waals surface area contributed by atoms with Crippen molar-refractivity contribution in [2.45, 2.75) is 6.54 Å². The number of urea groups is 1. The van der Waals surface area contributed by atoms with E-state index in [-0.39, 0.29) is 13.1 Å². The molecule has 0 saturated carbocycles. The van der Waals surface area contributed by atoms with E-state index < -0.39 is 12.0 Å². The second-order valence-electron chi connectivity index (χ2n) is 3.95. The third-order valence-electron chi connectivity index (χ3n) is 2.47. The van der Waals surface area contributed by atoms with Gasteiger partial charge in [0.2, 0.25) is 0 Å². The van der Waals surface area contributed by atoms with Crippen LogP contribution < -0.4 is 5.32 Å². The number of carbonyl (C=O) groups is 2. The highest BCUT2D eigenvalue weighted by Crippen LogP contribution is 1.98. The maximum Gasteiger partial charge on any atom is 0.323 e. The molecule has 0 heterocycles. The Morgan fingerprint density at radius 1 is 1.32 bits per heavy atom. The molecule has 0 atom stereocenters. The van der Waals surface area contributed by atoms with E-state index in [1.54, 1.807) is 0 Å². The average Bonchev–Trinajstić information content (AvgIpc) is 2.41. The number of amides is 2. The van der Waals surface area contributed by atoms with Crippen LogP contribution in [-0.4, -0.2) is 48.8 Å². The number of carboxylic acid groups (broad SMARTS) is 1. The van der Waals surface area contributed by atoms with Gasteiger partial charge in [-0.05, 0) is 5.56 Å². The maximum atomic E-state index is 11.9. The largest absolute Gasteiger partial charge is 0.480 e. The van der Waals surface area contributed by atoms with Gasteiger partial charge in [-0.2, -0.15) is 0 Å². The lowest BCUT2D eigenvalue weighted by Crippen LogP contribution is -2.44. The third kappa shape index (κ3) is 5.87. The Hall–Kier alpha value is -2.08. The Balaban J connectivity index is 2.48. The van der Waals surface area contributed by atoms with Crippen molar-refractivity contribution in [3.63, 3.8) is 0 Å². The Morgan fingerprint density at radius 3 is 2.58 bits per heavy atom. The van der Waals surface area contributed by atoms with Gasteiger partial charge in [-0.15, -0.1) is 0 Å². The lowest BCUT2D eigenvalue weighted by Gasteiger charge is -2.20. The second kappa shape index (κ2) is 8.10. The number of rotatable bonds is 7. The van der Waals surface area contributed by atoms with Gasteiger partial charge in [0, 0.05) is 20.2 Å². The van der Waals surface area contributed by atoms with E-state index >= 15 is 0 Å². The monoisotopic (exact) mass is 266 g/mol. The molecule has 0 bridgehead atoms. The number of carboxylic acids is 1. The SMILES string of the molecule is COCCN(CC(=O)O)C(=O)NCc1ccccc1. The molecule has 0 radical (unpaired) electrons. The zero-order valence-corrected chi connectivity index (χ0v) is 10.8. The molecule has 0 unspecified atom stereocenters. The molecular weight excluding hydrogens is 248 g/mol. The summed E-state index contributed by atoms with van der Waals surface area (Å²) in [5, 5.41) is 11.4. The smallest absolute Gasteiger partial charge is 0.323 e. The quantitative estimate of drug-likeness (QED) is 0.769. The third-order valence-corrected chi connectivity index (χ3v) is 2.47. The van der Waals surface area contributed by atoms with Crippen LogP contribution >= 0.6 is 0 Å². The number of aliphatic carboxylic acids is 1. The highest BCUT2D eigenvalue weighted by atomic mass is 16.5. The van der Waals surface area contributed by atoms with Crippen LogP contribution in [0, 0.1) is 0 Å². The maximum absolute atomic E-state index is 11.9. The van der Waals surface area contributed by atoms with E-state index in [1.165, 1.54) is 12.0 Å². The van der Waals surface area contributed by atoms with Crippen molar-refractivity contribution in [3.05, 3.63) is 35.9 Å². The van der Waals surface area contributed by atoms with E-state index in [0.717, 1.165) is 5.56 Å². The molecule has 104 valence electrons. The minimum atomic E-state index is -1.05. The molecule has 0 aliphatic heterocycles. The summed E-state index contributed by atoms with van der Waals surface area (Å²) in [4.78, 5) is 23.7. The number of nitrogens with one attached hydrogen (secondary N) is 1. The van der Waals surface area contributed by atoms with Crippen LogP contribution in [0.5, 0.6) is 0 Å². The molecular formula is C13H18N2O4. The zero-order valence-electron chi connectivity index (χ0n) is 10.8. The van der Waals surface area contributed by atoms with Crippen molar-refractivity contribution < 1.29 is 19.4 Å². The van der Waals surface area contributed by atoms with Gasteiger partial charge >= 0.3 is 12.0 Å². The molecule has 0 spiro atoms. The molecule has 1 aromatic rings. The number of benzene rings is 1. The minimum absolute atomic E-state index is 0.240. The van der Waals surface area contributed by atoms with Crippen molar-refractivity contribution in [3.8, 4) is 0 Å². The Kier molecular flexibility index (Phi) is 6.38. The van der Waals surface area contributed by atoms with E-state index in [0.29, 0.717) is 13.2 Å². The number of hydrogen-bond donors (Lipinski definition) is 2. The van der Waals surface area contributed by atoms with Gasteiger partial charge in [-0.3, -0.25) is 4.79 Å². The molecule has 0 saturated heterocycles. The zero-order chi connectivity index (χ0) is 14.1. The minimum Gasteiger partial charge on any atom is -0.480 e. The van der Waals surface area contributed by atoms with Crippen LogP contribution in [-0.2, 0) is 16.1 Å². The average molecular weight is 266 g/mol. The van der Waals surface area contributed by atoms with E-state index in [2.05, 4.69) is 5.32 Å². The van der Waals surface area contributed by atoms with Gasteiger partial charge in [-0.25, -0.2) is 4.79 Å². The van der Waals surface area contributed by atoms with Crippen molar-refractivity contribution in [2.75, 3.05) is 26.8 Å². The Morgan fingerprint density at radius 2 is 2.00 bits per heavy atom. The van der Waals surface area contributed by atoms with Crippen LogP contribution in [0.15, 0.2) is 30.3 Å². The highest BCUT2D eigenvalue weighted by molar-refractivity contribution is 5.80. The van der Waals surface area contributed by atoms with Crippen molar-refractivity contribution >= 4 is 12.0 Å². The van der Waals surface area contributed by atoms with Gasteiger partial charge in [0.15, 0.2) is 0 Å². The molecule has 1 rings (SSSR count). The first-order valence-corrected chi connectivity index (χ1v) is 5.91. The van der Waals surface area contributed by atoms with Crippen LogP contribution in [0.25, 0.3) is 0 Å². The summed E-state index contributed by atoms with van der Waals surface area (Å²) < 4.78 is 4.85. The molecule has 0 aliphatic carbocycles. The number of ether oxygens (including phenoxy) is 1.